The average Bonchev–Trinajstić information content (AvgIpc) is 3.22. The van der Waals surface area contributed by atoms with Gasteiger partial charge in [0.05, 0.1) is 36.9 Å². The number of aromatic nitrogens is 3. The van der Waals surface area contributed by atoms with Crippen LogP contribution in [-0.4, -0.2) is 71.1 Å². The Morgan fingerprint density at radius 1 is 1.42 bits per heavy atom. The maximum atomic E-state index is 15.0. The van der Waals surface area contributed by atoms with E-state index in [1.54, 1.807) is 40.9 Å². The van der Waals surface area contributed by atoms with Crippen molar-refractivity contribution in [1.29, 1.82) is 0 Å². The Morgan fingerprint density at radius 3 is 2.90 bits per heavy atom. The van der Waals surface area contributed by atoms with Gasteiger partial charge in [-0.15, -0.1) is 0 Å². The normalized spacial score (nSPS) is 19.9. The van der Waals surface area contributed by atoms with E-state index in [0.717, 1.165) is 0 Å². The summed E-state index contributed by atoms with van der Waals surface area (Å²) in [5.41, 5.74) is 2.16. The molecule has 1 saturated heterocycles. The highest BCUT2D eigenvalue weighted by Gasteiger charge is 2.49. The molecule has 0 saturated carbocycles. The standard InChI is InChI=1S/C20H22ClF2N7O/c1-29-9-17(20(22,23)11-29)30-18(8-25-6-13(28-24)10-31-2)27-16-7-26-15-4-3-12(21)5-14(15)19(16)30/h3-7,17H,8-11,24H2,1-2H3. The molecule has 0 radical (unpaired) electrons. The Hall–Kier alpha value is -2.69. The summed E-state index contributed by atoms with van der Waals surface area (Å²) in [6, 6.07) is 4.11. The highest BCUT2D eigenvalue weighted by atomic mass is 35.5. The van der Waals surface area contributed by atoms with Crippen LogP contribution in [0.25, 0.3) is 21.9 Å². The predicted molar refractivity (Wildman–Crippen MR) is 117 cm³/mol. The summed E-state index contributed by atoms with van der Waals surface area (Å²) in [6.07, 6.45) is 3.04. The average molecular weight is 450 g/mol. The van der Waals surface area contributed by atoms with Gasteiger partial charge in [-0.25, -0.2) is 13.8 Å². The minimum absolute atomic E-state index is 0.0652. The van der Waals surface area contributed by atoms with Crippen molar-refractivity contribution in [2.75, 3.05) is 33.9 Å². The largest absolute Gasteiger partial charge is 0.378 e. The van der Waals surface area contributed by atoms with Gasteiger partial charge in [-0.1, -0.05) is 11.6 Å². The topological polar surface area (TPSA) is 93.9 Å². The molecule has 4 rings (SSSR count). The molecular weight excluding hydrogens is 428 g/mol. The van der Waals surface area contributed by atoms with E-state index in [1.165, 1.54) is 13.3 Å². The number of nitrogens with zero attached hydrogens (tertiary/aromatic N) is 6. The SMILES string of the molecule is COCC(C=NCc1nc2cnc3ccc(Cl)cc3c2n1C1CN(C)CC1(F)F)=NN. The van der Waals surface area contributed by atoms with Crippen molar-refractivity contribution >= 4 is 45.5 Å². The van der Waals surface area contributed by atoms with Gasteiger partial charge in [-0.05, 0) is 25.2 Å². The summed E-state index contributed by atoms with van der Waals surface area (Å²) in [5.74, 6) is 2.79. The van der Waals surface area contributed by atoms with Gasteiger partial charge in [0.2, 0.25) is 0 Å². The maximum absolute atomic E-state index is 15.0. The first-order valence-electron chi connectivity index (χ1n) is 9.61. The number of benzene rings is 1. The van der Waals surface area contributed by atoms with Gasteiger partial charge in [-0.2, -0.15) is 5.10 Å². The van der Waals surface area contributed by atoms with E-state index in [0.29, 0.717) is 38.5 Å². The van der Waals surface area contributed by atoms with Crippen LogP contribution >= 0.6 is 11.6 Å². The number of nitrogens with two attached hydrogens (primary N) is 1. The molecular formula is C20H22ClF2N7O. The van der Waals surface area contributed by atoms with E-state index < -0.39 is 12.0 Å². The van der Waals surface area contributed by atoms with E-state index in [1.807, 2.05) is 0 Å². The lowest BCUT2D eigenvalue weighted by Gasteiger charge is -2.22. The number of ether oxygens (including phenoxy) is 1. The number of alkyl halides is 2. The Kier molecular flexibility index (Phi) is 5.87. The number of hydrazone groups is 1. The van der Waals surface area contributed by atoms with Crippen molar-refractivity contribution in [3.05, 3.63) is 35.2 Å². The number of hydrogen-bond donors (Lipinski definition) is 1. The Bertz CT molecular complexity index is 1180. The molecule has 3 aromatic rings. The van der Waals surface area contributed by atoms with Crippen LogP contribution in [0.2, 0.25) is 5.02 Å². The summed E-state index contributed by atoms with van der Waals surface area (Å²) < 4.78 is 36.6. The molecule has 0 bridgehead atoms. The lowest BCUT2D eigenvalue weighted by molar-refractivity contribution is -0.0201. The third kappa shape index (κ3) is 4.10. The summed E-state index contributed by atoms with van der Waals surface area (Å²) in [5, 5.41) is 4.76. The van der Waals surface area contributed by atoms with Crippen molar-refractivity contribution in [3.63, 3.8) is 0 Å². The molecule has 11 heteroatoms. The smallest absolute Gasteiger partial charge is 0.282 e. The third-order valence-electron chi connectivity index (χ3n) is 5.25. The van der Waals surface area contributed by atoms with Gasteiger partial charge in [0.25, 0.3) is 5.92 Å². The number of methoxy groups -OCH3 is 1. The molecule has 0 spiro atoms. The number of rotatable bonds is 6. The number of fused-ring (bicyclic) bond motifs is 3. The molecule has 2 N–H and O–H groups in total. The number of likely N-dealkylation sites (tertiary alicyclic amines) is 1. The molecule has 0 aliphatic carbocycles. The zero-order chi connectivity index (χ0) is 22.2. The minimum Gasteiger partial charge on any atom is -0.378 e. The predicted octanol–water partition coefficient (Wildman–Crippen LogP) is 2.89. The Morgan fingerprint density at radius 2 is 2.23 bits per heavy atom. The van der Waals surface area contributed by atoms with Crippen LogP contribution in [0, 0.1) is 0 Å². The first kappa shape index (κ1) is 21.5. The van der Waals surface area contributed by atoms with Crippen molar-refractivity contribution in [1.82, 2.24) is 19.4 Å². The van der Waals surface area contributed by atoms with Crippen molar-refractivity contribution < 1.29 is 13.5 Å². The highest BCUT2D eigenvalue weighted by molar-refractivity contribution is 6.32. The van der Waals surface area contributed by atoms with Crippen molar-refractivity contribution in [3.8, 4) is 0 Å². The van der Waals surface area contributed by atoms with E-state index in [-0.39, 0.29) is 26.2 Å². The molecule has 1 atom stereocenters. The lowest BCUT2D eigenvalue weighted by Crippen LogP contribution is -2.30. The third-order valence-corrected chi connectivity index (χ3v) is 5.48. The van der Waals surface area contributed by atoms with Gasteiger partial charge in [0.1, 0.15) is 23.1 Å². The summed E-state index contributed by atoms with van der Waals surface area (Å²) in [6.45, 7) is 0.102. The van der Waals surface area contributed by atoms with E-state index in [4.69, 9.17) is 22.2 Å². The van der Waals surface area contributed by atoms with E-state index in [9.17, 15) is 8.78 Å². The lowest BCUT2D eigenvalue weighted by atomic mass is 10.1. The molecule has 3 heterocycles. The summed E-state index contributed by atoms with van der Waals surface area (Å²) in [4.78, 5) is 14.9. The van der Waals surface area contributed by atoms with Gasteiger partial charge < -0.3 is 15.1 Å². The van der Waals surface area contributed by atoms with Crippen molar-refractivity contribution in [2.45, 2.75) is 18.5 Å². The van der Waals surface area contributed by atoms with Crippen molar-refractivity contribution in [2.24, 2.45) is 15.9 Å². The van der Waals surface area contributed by atoms with Crippen LogP contribution in [-0.2, 0) is 11.3 Å². The molecule has 1 aromatic carbocycles. The fraction of sp³-hybridized carbons (Fsp3) is 0.400. The van der Waals surface area contributed by atoms with Gasteiger partial charge in [0, 0.05) is 30.3 Å². The number of hydrogen-bond acceptors (Lipinski definition) is 7. The monoisotopic (exact) mass is 449 g/mol. The molecule has 1 fully saturated rings. The molecule has 164 valence electrons. The number of pyridine rings is 1. The second-order valence-corrected chi connectivity index (χ2v) is 7.98. The molecule has 1 aliphatic heterocycles. The van der Waals surface area contributed by atoms with Crippen LogP contribution in [0.1, 0.15) is 11.9 Å². The van der Waals surface area contributed by atoms with Gasteiger partial charge >= 0.3 is 0 Å². The molecule has 1 unspecified atom stereocenters. The summed E-state index contributed by atoms with van der Waals surface area (Å²) in [7, 11) is 3.19. The second-order valence-electron chi connectivity index (χ2n) is 7.55. The Balaban J connectivity index is 1.88. The first-order chi connectivity index (χ1) is 14.8. The van der Waals surface area contributed by atoms with E-state index in [2.05, 4.69) is 20.1 Å². The number of aliphatic imine (C=N–C) groups is 1. The zero-order valence-corrected chi connectivity index (χ0v) is 17.9. The fourth-order valence-corrected chi connectivity index (χ4v) is 4.13. The molecule has 1 aliphatic rings. The molecule has 8 nitrogen and oxygen atoms in total. The van der Waals surface area contributed by atoms with Crippen LogP contribution in [0.3, 0.4) is 0 Å². The molecule has 2 aromatic heterocycles. The highest BCUT2D eigenvalue weighted by Crippen LogP contribution is 2.40. The van der Waals surface area contributed by atoms with Gasteiger partial charge in [0.15, 0.2) is 0 Å². The van der Waals surface area contributed by atoms with Crippen LogP contribution in [0.5, 0.6) is 0 Å². The van der Waals surface area contributed by atoms with Gasteiger partial charge in [-0.3, -0.25) is 14.9 Å². The maximum Gasteiger partial charge on any atom is 0.282 e. The zero-order valence-electron chi connectivity index (χ0n) is 17.1. The second kappa shape index (κ2) is 8.45. The molecule has 0 amide bonds. The Labute approximate surface area is 182 Å². The number of imidazole rings is 1. The van der Waals surface area contributed by atoms with E-state index >= 15 is 0 Å². The van der Waals surface area contributed by atoms with Crippen LogP contribution in [0.4, 0.5) is 8.78 Å². The minimum atomic E-state index is -2.94. The number of halogens is 3. The fourth-order valence-electron chi connectivity index (χ4n) is 3.96. The number of likely N-dealkylation sites (N-methyl/N-ethyl adjacent to an activating group) is 1. The summed E-state index contributed by atoms with van der Waals surface area (Å²) >= 11 is 6.21. The molecule has 31 heavy (non-hydrogen) atoms. The quantitative estimate of drug-likeness (QED) is 0.355. The first-order valence-corrected chi connectivity index (χ1v) is 9.99. The van der Waals surface area contributed by atoms with Crippen LogP contribution < -0.4 is 5.84 Å². The van der Waals surface area contributed by atoms with Crippen LogP contribution in [0.15, 0.2) is 34.5 Å².